The second-order valence-electron chi connectivity index (χ2n) is 2.88. The van der Waals surface area contributed by atoms with E-state index in [0.29, 0.717) is 6.07 Å². The van der Waals surface area contributed by atoms with Crippen molar-refractivity contribution in [3.05, 3.63) is 37.8 Å². The first-order valence-corrected chi connectivity index (χ1v) is 4.54. The number of nitro groups is 1. The van der Waals surface area contributed by atoms with Gasteiger partial charge in [-0.05, 0) is 28.4 Å². The summed E-state index contributed by atoms with van der Waals surface area (Å²) in [6.45, 7) is 1.37. The molecular weight excluding hydrogens is 279 g/mol. The lowest BCUT2D eigenvalue weighted by molar-refractivity contribution is -0.385. The summed E-state index contributed by atoms with van der Waals surface area (Å²) in [6.07, 6.45) is -4.60. The minimum absolute atomic E-state index is 0.166. The average molecular weight is 284 g/mol. The zero-order chi connectivity index (χ0) is 11.8. The third kappa shape index (κ3) is 2.47. The normalized spacial score (nSPS) is 11.5. The molecule has 0 unspecified atom stereocenters. The Bertz CT molecular complexity index is 417. The van der Waals surface area contributed by atoms with Crippen LogP contribution < -0.4 is 0 Å². The number of nitro benzene ring substituents is 1. The van der Waals surface area contributed by atoms with Crippen LogP contribution in [0.3, 0.4) is 0 Å². The highest BCUT2D eigenvalue weighted by molar-refractivity contribution is 9.10. The summed E-state index contributed by atoms with van der Waals surface area (Å²) in [5.41, 5.74) is -1.42. The third-order valence-corrected chi connectivity index (χ3v) is 2.81. The first-order valence-electron chi connectivity index (χ1n) is 3.75. The van der Waals surface area contributed by atoms with Crippen LogP contribution >= 0.6 is 15.9 Å². The second kappa shape index (κ2) is 3.80. The Balaban J connectivity index is 3.45. The van der Waals surface area contributed by atoms with Gasteiger partial charge in [0.25, 0.3) is 5.69 Å². The van der Waals surface area contributed by atoms with Crippen molar-refractivity contribution in [2.75, 3.05) is 0 Å². The maximum Gasteiger partial charge on any atom is 0.417 e. The monoisotopic (exact) mass is 283 g/mol. The summed E-state index contributed by atoms with van der Waals surface area (Å²) >= 11 is 2.76. The van der Waals surface area contributed by atoms with E-state index in [9.17, 15) is 23.3 Å². The molecule has 15 heavy (non-hydrogen) atoms. The predicted octanol–water partition coefficient (Wildman–Crippen LogP) is 3.68. The Hall–Kier alpha value is -1.11. The molecule has 1 aromatic carbocycles. The van der Waals surface area contributed by atoms with E-state index < -0.39 is 22.4 Å². The van der Waals surface area contributed by atoms with Gasteiger partial charge in [-0.25, -0.2) is 0 Å². The quantitative estimate of drug-likeness (QED) is 0.583. The second-order valence-corrected chi connectivity index (χ2v) is 3.67. The predicted molar refractivity (Wildman–Crippen MR) is 50.5 cm³/mol. The molecule has 0 aliphatic carbocycles. The van der Waals surface area contributed by atoms with Crippen molar-refractivity contribution < 1.29 is 18.1 Å². The number of alkyl halides is 3. The summed E-state index contributed by atoms with van der Waals surface area (Å²) in [5.74, 6) is 0. The first kappa shape index (κ1) is 12.0. The van der Waals surface area contributed by atoms with Crippen molar-refractivity contribution in [2.24, 2.45) is 0 Å². The molecule has 82 valence electrons. The van der Waals surface area contributed by atoms with Crippen LogP contribution in [-0.2, 0) is 6.18 Å². The topological polar surface area (TPSA) is 43.1 Å². The van der Waals surface area contributed by atoms with Crippen LogP contribution in [0.15, 0.2) is 16.6 Å². The number of halogens is 4. The maximum absolute atomic E-state index is 12.4. The lowest BCUT2D eigenvalue weighted by Crippen LogP contribution is -2.07. The van der Waals surface area contributed by atoms with E-state index in [2.05, 4.69) is 15.9 Å². The number of hydrogen-bond acceptors (Lipinski definition) is 2. The van der Waals surface area contributed by atoms with E-state index in [-0.39, 0.29) is 10.0 Å². The van der Waals surface area contributed by atoms with Gasteiger partial charge in [-0.1, -0.05) is 0 Å². The standard InChI is InChI=1S/C8H5BrF3NO2/c1-4-2-5(13(14)15)3-6(7(4)9)8(10,11)12/h2-3H,1H3. The van der Waals surface area contributed by atoms with Crippen molar-refractivity contribution in [1.82, 2.24) is 0 Å². The Morgan fingerprint density at radius 1 is 1.40 bits per heavy atom. The van der Waals surface area contributed by atoms with Crippen LogP contribution in [0.5, 0.6) is 0 Å². The minimum Gasteiger partial charge on any atom is -0.258 e. The van der Waals surface area contributed by atoms with Gasteiger partial charge in [0, 0.05) is 16.6 Å². The molecule has 0 bridgehead atoms. The molecule has 0 aromatic heterocycles. The molecule has 3 nitrogen and oxygen atoms in total. The van der Waals surface area contributed by atoms with Gasteiger partial charge >= 0.3 is 6.18 Å². The zero-order valence-electron chi connectivity index (χ0n) is 7.43. The van der Waals surface area contributed by atoms with E-state index in [1.165, 1.54) is 6.92 Å². The molecule has 0 fully saturated rings. The highest BCUT2D eigenvalue weighted by Gasteiger charge is 2.35. The summed E-state index contributed by atoms with van der Waals surface area (Å²) in [7, 11) is 0. The van der Waals surface area contributed by atoms with Gasteiger partial charge in [0.05, 0.1) is 10.5 Å². The fourth-order valence-electron chi connectivity index (χ4n) is 1.06. The summed E-state index contributed by atoms with van der Waals surface area (Å²) in [6, 6.07) is 1.59. The minimum atomic E-state index is -4.60. The smallest absolute Gasteiger partial charge is 0.258 e. The number of hydrogen-bond donors (Lipinski definition) is 0. The molecule has 0 N–H and O–H groups in total. The highest BCUT2D eigenvalue weighted by Crippen LogP contribution is 2.38. The molecule has 1 rings (SSSR count). The van der Waals surface area contributed by atoms with Crippen molar-refractivity contribution >= 4 is 21.6 Å². The molecule has 0 heterocycles. The van der Waals surface area contributed by atoms with Crippen molar-refractivity contribution in [2.45, 2.75) is 13.1 Å². The van der Waals surface area contributed by atoms with Crippen LogP contribution in [0.4, 0.5) is 18.9 Å². The van der Waals surface area contributed by atoms with Gasteiger partial charge in [-0.2, -0.15) is 13.2 Å². The van der Waals surface area contributed by atoms with Gasteiger partial charge in [0.15, 0.2) is 0 Å². The largest absolute Gasteiger partial charge is 0.417 e. The van der Waals surface area contributed by atoms with Gasteiger partial charge < -0.3 is 0 Å². The molecule has 0 saturated carbocycles. The number of aryl methyl sites for hydroxylation is 1. The summed E-state index contributed by atoms with van der Waals surface area (Å²) < 4.78 is 37.1. The Morgan fingerprint density at radius 2 is 1.93 bits per heavy atom. The molecule has 0 saturated heterocycles. The fourth-order valence-corrected chi connectivity index (χ4v) is 1.52. The van der Waals surface area contributed by atoms with E-state index in [4.69, 9.17) is 0 Å². The highest BCUT2D eigenvalue weighted by atomic mass is 79.9. The number of benzene rings is 1. The fraction of sp³-hybridized carbons (Fsp3) is 0.250. The SMILES string of the molecule is Cc1cc([N+](=O)[O-])cc(C(F)(F)F)c1Br. The van der Waals surface area contributed by atoms with E-state index in [1.54, 1.807) is 0 Å². The third-order valence-electron chi connectivity index (χ3n) is 1.76. The molecule has 0 radical (unpaired) electrons. The Kier molecular flexibility index (Phi) is 3.03. The van der Waals surface area contributed by atoms with Crippen LogP contribution in [0, 0.1) is 17.0 Å². The molecule has 0 atom stereocenters. The van der Waals surface area contributed by atoms with Gasteiger partial charge in [-0.3, -0.25) is 10.1 Å². The lowest BCUT2D eigenvalue weighted by atomic mass is 10.1. The molecular formula is C8H5BrF3NO2. The number of nitrogens with zero attached hydrogens (tertiary/aromatic N) is 1. The maximum atomic E-state index is 12.4. The number of non-ortho nitro benzene ring substituents is 1. The van der Waals surface area contributed by atoms with Crippen LogP contribution in [0.2, 0.25) is 0 Å². The molecule has 0 aliphatic heterocycles. The van der Waals surface area contributed by atoms with Crippen molar-refractivity contribution in [1.29, 1.82) is 0 Å². The average Bonchev–Trinajstić information content (AvgIpc) is 2.06. The first-order chi connectivity index (χ1) is 6.73. The van der Waals surface area contributed by atoms with E-state index in [1.807, 2.05) is 0 Å². The summed E-state index contributed by atoms with van der Waals surface area (Å²) in [4.78, 5) is 9.51. The van der Waals surface area contributed by atoms with E-state index >= 15 is 0 Å². The molecule has 0 amide bonds. The number of rotatable bonds is 1. The molecule has 0 aliphatic rings. The van der Waals surface area contributed by atoms with Crippen molar-refractivity contribution in [3.63, 3.8) is 0 Å². The van der Waals surface area contributed by atoms with Crippen LogP contribution in [0.25, 0.3) is 0 Å². The van der Waals surface area contributed by atoms with Crippen LogP contribution in [-0.4, -0.2) is 4.92 Å². The van der Waals surface area contributed by atoms with Crippen LogP contribution in [0.1, 0.15) is 11.1 Å². The Labute approximate surface area is 91.2 Å². The van der Waals surface area contributed by atoms with Gasteiger partial charge in [0.1, 0.15) is 0 Å². The zero-order valence-corrected chi connectivity index (χ0v) is 9.02. The summed E-state index contributed by atoms with van der Waals surface area (Å²) in [5, 5.41) is 10.4. The van der Waals surface area contributed by atoms with Gasteiger partial charge in [-0.15, -0.1) is 0 Å². The Morgan fingerprint density at radius 3 is 2.33 bits per heavy atom. The lowest BCUT2D eigenvalue weighted by Gasteiger charge is -2.10. The molecule has 7 heteroatoms. The van der Waals surface area contributed by atoms with E-state index in [0.717, 1.165) is 6.07 Å². The van der Waals surface area contributed by atoms with Gasteiger partial charge in [0.2, 0.25) is 0 Å². The molecule has 1 aromatic rings. The van der Waals surface area contributed by atoms with Crippen molar-refractivity contribution in [3.8, 4) is 0 Å². The molecule has 0 spiro atoms.